The number of carbonyl (C=O) groups excluding carboxylic acids is 1. The highest BCUT2D eigenvalue weighted by Crippen LogP contribution is 2.37. The number of hydrogen-bond acceptors (Lipinski definition) is 5. The number of methoxy groups -OCH3 is 2. The molecule has 1 aliphatic rings. The second-order valence-corrected chi connectivity index (χ2v) is 10.5. The van der Waals surface area contributed by atoms with Gasteiger partial charge in [-0.1, -0.05) is 48.5 Å². The van der Waals surface area contributed by atoms with Crippen molar-refractivity contribution in [3.05, 3.63) is 83.9 Å². The number of rotatable bonds is 10. The summed E-state index contributed by atoms with van der Waals surface area (Å²) in [6.45, 7) is 0.494. The van der Waals surface area contributed by atoms with Crippen molar-refractivity contribution in [2.24, 2.45) is 0 Å². The zero-order valence-corrected chi connectivity index (χ0v) is 21.5. The Hall–Kier alpha value is -3.52. The second kappa shape index (κ2) is 11.5. The smallest absolute Gasteiger partial charge is 0.265 e. The van der Waals surface area contributed by atoms with E-state index in [1.807, 2.05) is 30.3 Å². The normalized spacial score (nSPS) is 15.2. The number of aryl methyl sites for hydroxylation is 2. The lowest BCUT2D eigenvalue weighted by Crippen LogP contribution is -2.52. The Morgan fingerprint density at radius 3 is 2.42 bits per heavy atom. The Morgan fingerprint density at radius 1 is 0.944 bits per heavy atom. The van der Waals surface area contributed by atoms with Gasteiger partial charge in [0, 0.05) is 12.6 Å². The lowest BCUT2D eigenvalue weighted by Gasteiger charge is -2.37. The van der Waals surface area contributed by atoms with E-state index in [1.54, 1.807) is 18.2 Å². The van der Waals surface area contributed by atoms with Gasteiger partial charge in [-0.05, 0) is 61.4 Å². The van der Waals surface area contributed by atoms with E-state index < -0.39 is 16.1 Å². The van der Waals surface area contributed by atoms with Gasteiger partial charge in [-0.3, -0.25) is 9.10 Å². The molecule has 7 nitrogen and oxygen atoms in total. The van der Waals surface area contributed by atoms with Gasteiger partial charge in [0.05, 0.1) is 24.8 Å². The molecule has 0 saturated carbocycles. The first-order valence-electron chi connectivity index (χ1n) is 12.1. The molecular formula is C28H32N2O5S. The van der Waals surface area contributed by atoms with Crippen LogP contribution in [0.5, 0.6) is 11.5 Å². The number of nitrogens with one attached hydrogen (secondary N) is 1. The molecule has 8 heteroatoms. The van der Waals surface area contributed by atoms with Gasteiger partial charge in [-0.15, -0.1) is 0 Å². The van der Waals surface area contributed by atoms with Gasteiger partial charge in [0.25, 0.3) is 10.0 Å². The maximum absolute atomic E-state index is 13.9. The summed E-state index contributed by atoms with van der Waals surface area (Å²) >= 11 is 0. The molecule has 3 aromatic carbocycles. The summed E-state index contributed by atoms with van der Waals surface area (Å²) in [4.78, 5) is 13.3. The van der Waals surface area contributed by atoms with E-state index in [1.165, 1.54) is 36.2 Å². The number of hydrogen-bond donors (Lipinski definition) is 1. The number of anilines is 1. The lowest BCUT2D eigenvalue weighted by molar-refractivity contribution is -0.122. The van der Waals surface area contributed by atoms with E-state index in [0.717, 1.165) is 24.8 Å². The molecule has 190 valence electrons. The lowest BCUT2D eigenvalue weighted by atomic mass is 9.97. The number of nitrogens with zero attached hydrogens (tertiary/aromatic N) is 1. The van der Waals surface area contributed by atoms with E-state index in [-0.39, 0.29) is 10.8 Å². The van der Waals surface area contributed by atoms with Gasteiger partial charge in [-0.25, -0.2) is 8.42 Å². The number of unbranched alkanes of at least 4 members (excludes halogenated alkanes) is 1. The molecule has 3 aromatic rings. The van der Waals surface area contributed by atoms with Gasteiger partial charge in [-0.2, -0.15) is 0 Å². The fraction of sp³-hybridized carbons (Fsp3) is 0.321. The number of benzene rings is 3. The maximum atomic E-state index is 13.9. The average molecular weight is 509 g/mol. The third-order valence-corrected chi connectivity index (χ3v) is 8.27. The molecule has 0 bridgehead atoms. The molecular weight excluding hydrogens is 476 g/mol. The van der Waals surface area contributed by atoms with E-state index in [9.17, 15) is 13.2 Å². The van der Waals surface area contributed by atoms with E-state index >= 15 is 0 Å². The van der Waals surface area contributed by atoms with Crippen LogP contribution in [0.1, 0.15) is 30.4 Å². The highest BCUT2D eigenvalue weighted by atomic mass is 32.2. The molecule has 0 radical (unpaired) electrons. The summed E-state index contributed by atoms with van der Waals surface area (Å²) in [5.74, 6) is 0.455. The van der Waals surface area contributed by atoms with Crippen LogP contribution in [0.3, 0.4) is 0 Å². The van der Waals surface area contributed by atoms with Gasteiger partial charge in [0.15, 0.2) is 11.5 Å². The van der Waals surface area contributed by atoms with Crippen LogP contribution in [0.4, 0.5) is 5.69 Å². The van der Waals surface area contributed by atoms with Crippen molar-refractivity contribution in [3.8, 4) is 11.5 Å². The maximum Gasteiger partial charge on any atom is 0.265 e. The van der Waals surface area contributed by atoms with Crippen LogP contribution < -0.4 is 19.1 Å². The molecule has 0 aromatic heterocycles. The van der Waals surface area contributed by atoms with Crippen LogP contribution in [0.25, 0.3) is 0 Å². The Balaban J connectivity index is 1.53. The van der Waals surface area contributed by atoms with Crippen LogP contribution in [-0.4, -0.2) is 41.1 Å². The molecule has 0 unspecified atom stereocenters. The second-order valence-electron chi connectivity index (χ2n) is 8.73. The monoisotopic (exact) mass is 508 g/mol. The highest BCUT2D eigenvalue weighted by molar-refractivity contribution is 7.93. The van der Waals surface area contributed by atoms with Crippen molar-refractivity contribution >= 4 is 21.6 Å². The van der Waals surface area contributed by atoms with Crippen LogP contribution in [0, 0.1) is 0 Å². The minimum atomic E-state index is -4.06. The summed E-state index contributed by atoms with van der Waals surface area (Å²) in [6.07, 6.45) is 3.71. The first-order chi connectivity index (χ1) is 17.5. The largest absolute Gasteiger partial charge is 0.493 e. The highest BCUT2D eigenvalue weighted by Gasteiger charge is 2.40. The van der Waals surface area contributed by atoms with Crippen LogP contribution in [0.15, 0.2) is 77.7 Å². The Morgan fingerprint density at radius 2 is 1.67 bits per heavy atom. The SMILES string of the molecule is COc1ccc(S(=O)(=O)N2c3ccccc3CC[C@H]2C(=O)NCCCCc2ccccc2)cc1OC. The van der Waals surface area contributed by atoms with Crippen LogP contribution in [0.2, 0.25) is 0 Å². The number of fused-ring (bicyclic) bond motifs is 1. The first-order valence-corrected chi connectivity index (χ1v) is 13.6. The van der Waals surface area contributed by atoms with E-state index in [4.69, 9.17) is 9.47 Å². The fourth-order valence-corrected chi connectivity index (χ4v) is 6.26. The van der Waals surface area contributed by atoms with Gasteiger partial charge >= 0.3 is 0 Å². The summed E-state index contributed by atoms with van der Waals surface area (Å²) in [6, 6.07) is 21.2. The van der Waals surface area contributed by atoms with Crippen molar-refractivity contribution in [2.45, 2.75) is 43.0 Å². The van der Waals surface area contributed by atoms with Crippen molar-refractivity contribution in [1.29, 1.82) is 0 Å². The summed E-state index contributed by atoms with van der Waals surface area (Å²) in [7, 11) is -1.11. The van der Waals surface area contributed by atoms with E-state index in [2.05, 4.69) is 17.4 Å². The quantitative estimate of drug-likeness (QED) is 0.412. The van der Waals surface area contributed by atoms with Gasteiger partial charge in [0.2, 0.25) is 5.91 Å². The number of para-hydroxylation sites is 1. The third kappa shape index (κ3) is 5.49. The van der Waals surface area contributed by atoms with Gasteiger partial charge < -0.3 is 14.8 Å². The molecule has 1 N–H and O–H groups in total. The molecule has 36 heavy (non-hydrogen) atoms. The standard InChI is InChI=1S/C28H32N2O5S/c1-34-26-18-16-23(20-27(26)35-2)36(32,33)30-24-14-7-6-13-22(24)15-17-25(30)28(31)29-19-9-8-12-21-10-4-3-5-11-21/h3-7,10-11,13-14,16,18,20,25H,8-9,12,15,17,19H2,1-2H3,(H,29,31)/t25-/m0/s1. The molecule has 0 saturated heterocycles. The number of sulfonamides is 1. The zero-order valence-electron chi connectivity index (χ0n) is 20.6. The zero-order chi connectivity index (χ0) is 25.5. The van der Waals surface area contributed by atoms with Crippen molar-refractivity contribution in [3.63, 3.8) is 0 Å². The summed E-state index contributed by atoms with van der Waals surface area (Å²) in [5, 5.41) is 2.97. The average Bonchev–Trinajstić information content (AvgIpc) is 2.92. The topological polar surface area (TPSA) is 84.9 Å². The molecule has 4 rings (SSSR count). The molecule has 0 fully saturated rings. The predicted octanol–water partition coefficient (Wildman–Crippen LogP) is 4.35. The Kier molecular flexibility index (Phi) is 8.15. The van der Waals surface area contributed by atoms with E-state index in [0.29, 0.717) is 36.6 Å². The predicted molar refractivity (Wildman–Crippen MR) is 140 cm³/mol. The molecule has 0 aliphatic carbocycles. The number of amides is 1. The molecule has 0 spiro atoms. The number of carbonyl (C=O) groups is 1. The van der Waals surface area contributed by atoms with Crippen LogP contribution >= 0.6 is 0 Å². The van der Waals surface area contributed by atoms with Gasteiger partial charge in [0.1, 0.15) is 6.04 Å². The molecule has 1 atom stereocenters. The number of ether oxygens (including phenoxy) is 2. The molecule has 1 heterocycles. The Bertz CT molecular complexity index is 1290. The minimum absolute atomic E-state index is 0.0394. The fourth-order valence-electron chi connectivity index (χ4n) is 4.57. The third-order valence-electron chi connectivity index (χ3n) is 6.45. The van der Waals surface area contributed by atoms with Crippen LogP contribution in [-0.2, 0) is 27.7 Å². The Labute approximate surface area is 213 Å². The molecule has 1 aliphatic heterocycles. The van der Waals surface area contributed by atoms with Crippen molar-refractivity contribution < 1.29 is 22.7 Å². The molecule has 1 amide bonds. The first kappa shape index (κ1) is 25.6. The van der Waals surface area contributed by atoms with Crippen molar-refractivity contribution in [2.75, 3.05) is 25.1 Å². The summed E-state index contributed by atoms with van der Waals surface area (Å²) in [5.41, 5.74) is 2.69. The summed E-state index contributed by atoms with van der Waals surface area (Å²) < 4.78 is 39.7. The minimum Gasteiger partial charge on any atom is -0.493 e. The van der Waals surface area contributed by atoms with Crippen molar-refractivity contribution in [1.82, 2.24) is 5.32 Å².